The lowest BCUT2D eigenvalue weighted by Crippen LogP contribution is -2.41. The maximum absolute atomic E-state index is 13.2. The molecule has 0 spiro atoms. The molecular weight excluding hydrogens is 483 g/mol. The van der Waals surface area contributed by atoms with Crippen LogP contribution in [0.1, 0.15) is 23.2 Å². The standard InChI is InChI=1S/C24H22ClFN2O5S/c25-19-10-6-16(7-11-19)17-8-12-21(13-9-17)34(32,33)28-22(24(30)31)5-2-14-27-23(29)18-3-1-4-20(26)15-18/h1,3-4,6-13,15,22,28H,2,5,14H2,(H,27,29)(H,30,31)/t22-/m0/s1. The molecule has 3 aromatic carbocycles. The van der Waals surface area contributed by atoms with Gasteiger partial charge in [0, 0.05) is 17.1 Å². The molecule has 3 N–H and O–H groups in total. The molecule has 0 saturated heterocycles. The molecule has 0 aliphatic heterocycles. The van der Waals surface area contributed by atoms with Gasteiger partial charge in [0.2, 0.25) is 10.0 Å². The van der Waals surface area contributed by atoms with Gasteiger partial charge in [-0.2, -0.15) is 4.72 Å². The van der Waals surface area contributed by atoms with Crippen LogP contribution < -0.4 is 10.0 Å². The number of halogens is 2. The average molecular weight is 505 g/mol. The van der Waals surface area contributed by atoms with Gasteiger partial charge in [-0.3, -0.25) is 9.59 Å². The molecule has 3 aromatic rings. The fourth-order valence-corrected chi connectivity index (χ4v) is 4.55. The number of carbonyl (C=O) groups is 2. The highest BCUT2D eigenvalue weighted by Crippen LogP contribution is 2.23. The van der Waals surface area contributed by atoms with Crippen LogP contribution in [0.15, 0.2) is 77.7 Å². The van der Waals surface area contributed by atoms with Gasteiger partial charge in [-0.05, 0) is 66.4 Å². The SMILES string of the molecule is O=C(NCCC[C@H](NS(=O)(=O)c1ccc(-c2ccc(Cl)cc2)cc1)C(=O)O)c1cccc(F)c1. The molecule has 0 aliphatic carbocycles. The summed E-state index contributed by atoms with van der Waals surface area (Å²) in [6.45, 7) is 0.0939. The van der Waals surface area contributed by atoms with Crippen molar-refractivity contribution < 1.29 is 27.5 Å². The van der Waals surface area contributed by atoms with E-state index in [-0.39, 0.29) is 29.8 Å². The number of hydrogen-bond acceptors (Lipinski definition) is 4. The Morgan fingerprint density at radius 2 is 1.59 bits per heavy atom. The van der Waals surface area contributed by atoms with Crippen LogP contribution in [-0.2, 0) is 14.8 Å². The summed E-state index contributed by atoms with van der Waals surface area (Å²) >= 11 is 5.88. The smallest absolute Gasteiger partial charge is 0.321 e. The Bertz CT molecular complexity index is 1270. The highest BCUT2D eigenvalue weighted by atomic mass is 35.5. The van der Waals surface area contributed by atoms with Crippen LogP contribution in [0, 0.1) is 5.82 Å². The van der Waals surface area contributed by atoms with Crippen LogP contribution in [-0.4, -0.2) is 38.0 Å². The number of carboxylic acids is 1. The first-order chi connectivity index (χ1) is 16.2. The molecule has 0 aliphatic rings. The second-order valence-electron chi connectivity index (χ2n) is 7.45. The van der Waals surface area contributed by atoms with Gasteiger partial charge in [-0.25, -0.2) is 12.8 Å². The third-order valence-corrected chi connectivity index (χ3v) is 6.72. The monoisotopic (exact) mass is 504 g/mol. The first-order valence-electron chi connectivity index (χ1n) is 10.3. The van der Waals surface area contributed by atoms with Crippen molar-refractivity contribution in [1.29, 1.82) is 0 Å². The summed E-state index contributed by atoms with van der Waals surface area (Å²) in [5.74, 6) is -2.39. The van der Waals surface area contributed by atoms with Gasteiger partial charge in [0.25, 0.3) is 5.91 Å². The molecule has 7 nitrogen and oxygen atoms in total. The number of nitrogens with one attached hydrogen (secondary N) is 2. The van der Waals surface area contributed by atoms with E-state index >= 15 is 0 Å². The van der Waals surface area contributed by atoms with Gasteiger partial charge < -0.3 is 10.4 Å². The Hall–Kier alpha value is -3.27. The number of sulfonamides is 1. The number of benzene rings is 3. The Morgan fingerprint density at radius 1 is 0.971 bits per heavy atom. The lowest BCUT2D eigenvalue weighted by atomic mass is 10.1. The molecule has 0 heterocycles. The Labute approximate surface area is 201 Å². The van der Waals surface area contributed by atoms with E-state index in [1.807, 2.05) is 0 Å². The normalized spacial score (nSPS) is 12.2. The van der Waals surface area contributed by atoms with Gasteiger partial charge in [0.1, 0.15) is 11.9 Å². The fourth-order valence-electron chi connectivity index (χ4n) is 3.20. The van der Waals surface area contributed by atoms with E-state index in [0.717, 1.165) is 17.2 Å². The van der Waals surface area contributed by atoms with E-state index in [0.29, 0.717) is 5.02 Å². The summed E-state index contributed by atoms with van der Waals surface area (Å²) in [5.41, 5.74) is 1.77. The first kappa shape index (κ1) is 25.4. The number of aliphatic carboxylic acids is 1. The number of hydrogen-bond donors (Lipinski definition) is 3. The summed E-state index contributed by atoms with van der Waals surface area (Å²) in [5, 5.41) is 12.6. The zero-order chi connectivity index (χ0) is 24.7. The Kier molecular flexibility index (Phi) is 8.38. The second-order valence-corrected chi connectivity index (χ2v) is 9.60. The summed E-state index contributed by atoms with van der Waals surface area (Å²) in [6, 6.07) is 16.9. The van der Waals surface area contributed by atoms with E-state index in [2.05, 4.69) is 10.0 Å². The molecule has 0 unspecified atom stereocenters. The third kappa shape index (κ3) is 6.86. The number of carbonyl (C=O) groups excluding carboxylic acids is 1. The van der Waals surface area contributed by atoms with Gasteiger partial charge >= 0.3 is 5.97 Å². The summed E-state index contributed by atoms with van der Waals surface area (Å²) < 4.78 is 40.8. The molecule has 10 heteroatoms. The van der Waals surface area contributed by atoms with E-state index in [1.54, 1.807) is 36.4 Å². The van der Waals surface area contributed by atoms with Crippen molar-refractivity contribution in [2.45, 2.75) is 23.8 Å². The van der Waals surface area contributed by atoms with Crippen molar-refractivity contribution in [3.8, 4) is 11.1 Å². The van der Waals surface area contributed by atoms with Gasteiger partial charge in [0.05, 0.1) is 4.90 Å². The van der Waals surface area contributed by atoms with Crippen molar-refractivity contribution in [3.63, 3.8) is 0 Å². The van der Waals surface area contributed by atoms with Crippen molar-refractivity contribution >= 4 is 33.5 Å². The predicted molar refractivity (Wildman–Crippen MR) is 127 cm³/mol. The van der Waals surface area contributed by atoms with Crippen LogP contribution in [0.2, 0.25) is 5.02 Å². The quantitative estimate of drug-likeness (QED) is 0.360. The van der Waals surface area contributed by atoms with Crippen molar-refractivity contribution in [1.82, 2.24) is 10.0 Å². The van der Waals surface area contributed by atoms with Crippen molar-refractivity contribution in [2.24, 2.45) is 0 Å². The van der Waals surface area contributed by atoms with Crippen molar-refractivity contribution in [2.75, 3.05) is 6.54 Å². The largest absolute Gasteiger partial charge is 0.480 e. The van der Waals surface area contributed by atoms with Crippen LogP contribution in [0.25, 0.3) is 11.1 Å². The number of carboxylic acid groups (broad SMARTS) is 1. The predicted octanol–water partition coefficient (Wildman–Crippen LogP) is 4.09. The average Bonchev–Trinajstić information content (AvgIpc) is 2.81. The van der Waals surface area contributed by atoms with Crippen LogP contribution in [0.4, 0.5) is 4.39 Å². The molecule has 0 bridgehead atoms. The molecule has 1 amide bonds. The molecular formula is C24H22ClFN2O5S. The lowest BCUT2D eigenvalue weighted by molar-refractivity contribution is -0.139. The maximum atomic E-state index is 13.2. The van der Waals surface area contributed by atoms with E-state index < -0.39 is 33.8 Å². The zero-order valence-corrected chi connectivity index (χ0v) is 19.4. The summed E-state index contributed by atoms with van der Waals surface area (Å²) in [7, 11) is -4.09. The van der Waals surface area contributed by atoms with E-state index in [4.69, 9.17) is 11.6 Å². The van der Waals surface area contributed by atoms with Crippen LogP contribution >= 0.6 is 11.6 Å². The molecule has 1 atom stereocenters. The minimum absolute atomic E-state index is 0.0547. The summed E-state index contributed by atoms with van der Waals surface area (Å²) in [4.78, 5) is 23.5. The topological polar surface area (TPSA) is 113 Å². The van der Waals surface area contributed by atoms with E-state index in [1.165, 1.54) is 30.3 Å². The molecule has 178 valence electrons. The van der Waals surface area contributed by atoms with Gasteiger partial charge in [0.15, 0.2) is 0 Å². The molecule has 3 rings (SSSR count). The lowest BCUT2D eigenvalue weighted by Gasteiger charge is -2.15. The number of amides is 1. The van der Waals surface area contributed by atoms with Crippen LogP contribution in [0.5, 0.6) is 0 Å². The molecule has 0 radical (unpaired) electrons. The summed E-state index contributed by atoms with van der Waals surface area (Å²) in [6.07, 6.45) is 0.136. The molecule has 0 aromatic heterocycles. The number of rotatable bonds is 10. The fraction of sp³-hybridized carbons (Fsp3) is 0.167. The van der Waals surface area contributed by atoms with E-state index in [9.17, 15) is 27.5 Å². The molecule has 0 saturated carbocycles. The first-order valence-corrected chi connectivity index (χ1v) is 12.2. The van der Waals surface area contributed by atoms with Gasteiger partial charge in [-0.15, -0.1) is 0 Å². The second kappa shape index (κ2) is 11.2. The minimum Gasteiger partial charge on any atom is -0.480 e. The maximum Gasteiger partial charge on any atom is 0.321 e. The van der Waals surface area contributed by atoms with Gasteiger partial charge in [-0.1, -0.05) is 41.9 Å². The third-order valence-electron chi connectivity index (χ3n) is 4.98. The zero-order valence-electron chi connectivity index (χ0n) is 17.9. The Morgan fingerprint density at radius 3 is 2.18 bits per heavy atom. The Balaban J connectivity index is 1.58. The van der Waals surface area contributed by atoms with Crippen LogP contribution in [0.3, 0.4) is 0 Å². The molecule has 0 fully saturated rings. The highest BCUT2D eigenvalue weighted by Gasteiger charge is 2.25. The highest BCUT2D eigenvalue weighted by molar-refractivity contribution is 7.89. The minimum atomic E-state index is -4.09. The van der Waals surface area contributed by atoms with Crippen molar-refractivity contribution in [3.05, 3.63) is 89.2 Å². The molecule has 34 heavy (non-hydrogen) atoms.